The van der Waals surface area contributed by atoms with Gasteiger partial charge in [-0.15, -0.1) is 0 Å². The Morgan fingerprint density at radius 2 is 1.85 bits per heavy atom. The second-order valence-corrected chi connectivity index (χ2v) is 16.3. The molecular weight excluding hydrogens is 786 g/mol. The minimum Gasteiger partial charge on any atom is -0.508 e. The van der Waals surface area contributed by atoms with Gasteiger partial charge >= 0.3 is 12.1 Å². The molecule has 17 heteroatoms. The molecule has 8 rings (SSSR count). The van der Waals surface area contributed by atoms with Crippen LogP contribution >= 0.6 is 0 Å². The van der Waals surface area contributed by atoms with Gasteiger partial charge < -0.3 is 38.4 Å². The van der Waals surface area contributed by atoms with Crippen molar-refractivity contribution in [1.29, 1.82) is 0 Å². The number of hydrogen-bond donors (Lipinski definition) is 1. The predicted molar refractivity (Wildman–Crippen MR) is 213 cm³/mol. The van der Waals surface area contributed by atoms with E-state index in [1.165, 1.54) is 23.2 Å². The molecular formula is C43H47F3N6O8. The number of aromatic hydroxyl groups is 1. The Morgan fingerprint density at radius 1 is 1.02 bits per heavy atom. The summed E-state index contributed by atoms with van der Waals surface area (Å²) < 4.78 is 82.7. The zero-order valence-corrected chi connectivity index (χ0v) is 33.7. The Morgan fingerprint density at radius 3 is 2.67 bits per heavy atom. The third-order valence-corrected chi connectivity index (χ3v) is 10.8. The van der Waals surface area contributed by atoms with Crippen LogP contribution in [-0.2, 0) is 20.8 Å². The smallest absolute Gasteiger partial charge is 0.410 e. The summed E-state index contributed by atoms with van der Waals surface area (Å²) in [5.41, 5.74) is -0.765. The molecule has 60 heavy (non-hydrogen) atoms. The Labute approximate surface area is 344 Å². The van der Waals surface area contributed by atoms with Crippen LogP contribution in [0.3, 0.4) is 0 Å². The van der Waals surface area contributed by atoms with Crippen molar-refractivity contribution in [3.63, 3.8) is 0 Å². The monoisotopic (exact) mass is 832 g/mol. The zero-order valence-electron chi connectivity index (χ0n) is 33.7. The molecule has 0 unspecified atom stereocenters. The molecule has 3 atom stereocenters. The second-order valence-electron chi connectivity index (χ2n) is 16.3. The molecule has 1 amide bonds. The minimum absolute atomic E-state index is 0.0122. The lowest BCUT2D eigenvalue weighted by molar-refractivity contribution is -0.0204. The molecule has 0 spiro atoms. The first-order valence-electron chi connectivity index (χ1n) is 20.0. The molecule has 0 radical (unpaired) electrons. The van der Waals surface area contributed by atoms with Crippen LogP contribution in [0, 0.1) is 11.6 Å². The van der Waals surface area contributed by atoms with Crippen LogP contribution in [0.5, 0.6) is 23.4 Å². The molecule has 3 aliphatic heterocycles. The van der Waals surface area contributed by atoms with Crippen LogP contribution in [0.4, 0.5) is 18.0 Å². The van der Waals surface area contributed by atoms with Gasteiger partial charge in [-0.3, -0.25) is 14.9 Å². The fourth-order valence-corrected chi connectivity index (χ4v) is 8.06. The molecule has 0 aliphatic carbocycles. The van der Waals surface area contributed by atoms with Crippen molar-refractivity contribution in [3.05, 3.63) is 72.1 Å². The van der Waals surface area contributed by atoms with Crippen LogP contribution in [-0.4, -0.2) is 124 Å². The van der Waals surface area contributed by atoms with E-state index in [1.807, 2.05) is 30.3 Å². The van der Waals surface area contributed by atoms with E-state index in [2.05, 4.69) is 24.8 Å². The van der Waals surface area contributed by atoms with Gasteiger partial charge in [0, 0.05) is 37.3 Å². The number of hydrogen-bond acceptors (Lipinski definition) is 13. The van der Waals surface area contributed by atoms with Gasteiger partial charge in [0.25, 0.3) is 0 Å². The number of fused-ring (bicyclic) bond motifs is 3. The molecule has 3 saturated heterocycles. The van der Waals surface area contributed by atoms with Crippen molar-refractivity contribution in [1.82, 2.24) is 29.7 Å². The molecule has 0 saturated carbocycles. The summed E-state index contributed by atoms with van der Waals surface area (Å²) in [7, 11) is 0. The van der Waals surface area contributed by atoms with E-state index in [0.29, 0.717) is 26.1 Å². The van der Waals surface area contributed by atoms with Gasteiger partial charge in [0.2, 0.25) is 5.88 Å². The molecule has 0 bridgehead atoms. The van der Waals surface area contributed by atoms with Gasteiger partial charge in [0.15, 0.2) is 17.4 Å². The normalized spacial score (nSPS) is 20.9. The van der Waals surface area contributed by atoms with Gasteiger partial charge in [-0.25, -0.2) is 18.0 Å². The molecule has 2 aromatic carbocycles. The lowest BCUT2D eigenvalue weighted by Crippen LogP contribution is -2.43. The Hall–Kier alpha value is -5.52. The maximum absolute atomic E-state index is 17.1. The molecule has 3 aromatic heterocycles. The third kappa shape index (κ3) is 8.98. The predicted octanol–water partition coefficient (Wildman–Crippen LogP) is 6.79. The number of aromatic nitrogens is 4. The van der Waals surface area contributed by atoms with Crippen molar-refractivity contribution in [2.24, 2.45) is 0 Å². The number of alkyl halides is 1. The zero-order chi connectivity index (χ0) is 42.0. The van der Waals surface area contributed by atoms with E-state index in [0.717, 1.165) is 31.1 Å². The maximum Gasteiger partial charge on any atom is 0.410 e. The highest BCUT2D eigenvalue weighted by Crippen LogP contribution is 2.42. The summed E-state index contributed by atoms with van der Waals surface area (Å²) in [5.74, 6) is -2.31. The average Bonchev–Trinajstić information content (AvgIpc) is 3.63. The van der Waals surface area contributed by atoms with E-state index in [1.54, 1.807) is 20.8 Å². The fourth-order valence-electron chi connectivity index (χ4n) is 8.06. The fraction of sp³-hybridized carbons (Fsp3) is 0.465. The van der Waals surface area contributed by atoms with Gasteiger partial charge in [0.05, 0.1) is 60.5 Å². The van der Waals surface area contributed by atoms with Crippen molar-refractivity contribution >= 4 is 27.9 Å². The van der Waals surface area contributed by atoms with Crippen LogP contribution in [0.2, 0.25) is 0 Å². The van der Waals surface area contributed by atoms with E-state index in [4.69, 9.17) is 28.4 Å². The Kier molecular flexibility index (Phi) is 11.8. The largest absolute Gasteiger partial charge is 0.508 e. The summed E-state index contributed by atoms with van der Waals surface area (Å²) in [6.45, 7) is 7.53. The third-order valence-electron chi connectivity index (χ3n) is 10.8. The minimum atomic E-state index is -0.979. The quantitative estimate of drug-likeness (QED) is 0.132. The number of amides is 1. The topological polar surface area (TPSA) is 151 Å². The van der Waals surface area contributed by atoms with Crippen LogP contribution in [0.25, 0.3) is 33.1 Å². The number of phenols is 1. The van der Waals surface area contributed by atoms with E-state index in [9.17, 15) is 14.3 Å². The van der Waals surface area contributed by atoms with Crippen LogP contribution < -0.4 is 14.2 Å². The average molecular weight is 833 g/mol. The highest BCUT2D eigenvalue weighted by Gasteiger charge is 2.49. The van der Waals surface area contributed by atoms with E-state index >= 15 is 8.78 Å². The molecule has 1 N–H and O–H groups in total. The van der Waals surface area contributed by atoms with Crippen LogP contribution in [0.1, 0.15) is 45.6 Å². The number of carbonyl (C=O) groups is 1. The first-order chi connectivity index (χ1) is 28.9. The van der Waals surface area contributed by atoms with Crippen molar-refractivity contribution in [2.75, 3.05) is 59.2 Å². The van der Waals surface area contributed by atoms with Gasteiger partial charge in [-0.05, 0) is 51.8 Å². The van der Waals surface area contributed by atoms with E-state index in [-0.39, 0.29) is 96.0 Å². The Bertz CT molecular complexity index is 2350. The number of halogens is 3. The standard InChI is InChI=1S/C43H47F3N6O8/c1-42(2,3)60-41(54)51-12-13-55-24-29(22-51)56-14-15-57-38-32(45)20-47-33-17-28(53)16-30(34(33)38)36-35(46)37-31(19-48-36)39(58-23-26-8-5-4-6-9-26)50-40(49-37)59-25-43-10-7-11-52(43)21-27(44)18-43/h4-6,8-9,16-17,19-20,27,29,53H,7,10-15,18,21-25H2,1-3H3/t27-,29+,43+/m1/s1. The molecule has 3 fully saturated rings. The Balaban J connectivity index is 1.08. The molecule has 3 aliphatic rings. The lowest BCUT2D eigenvalue weighted by Gasteiger charge is -2.30. The van der Waals surface area contributed by atoms with Crippen LogP contribution in [0.15, 0.2) is 54.9 Å². The van der Waals surface area contributed by atoms with Crippen molar-refractivity contribution < 1.29 is 51.5 Å². The lowest BCUT2D eigenvalue weighted by atomic mass is 9.95. The summed E-state index contributed by atoms with van der Waals surface area (Å²) in [6, 6.07) is 11.7. The number of carbonyl (C=O) groups excluding carboxylic acids is 1. The first-order valence-corrected chi connectivity index (χ1v) is 20.0. The van der Waals surface area contributed by atoms with E-state index < -0.39 is 41.1 Å². The SMILES string of the molecule is CC(C)(C)OC(=O)N1CCOC[C@@H](OCCOc2c(F)cnc3cc(O)cc(-c4ncc5c(OCc6ccccc6)nc(OC[C@@]67CCCN6C[C@H](F)C7)nc5c4F)c23)C1. The van der Waals surface area contributed by atoms with Gasteiger partial charge in [-0.2, -0.15) is 9.97 Å². The number of pyridine rings is 2. The number of nitrogens with zero attached hydrogens (tertiary/aromatic N) is 6. The highest BCUT2D eigenvalue weighted by molar-refractivity contribution is 6.01. The van der Waals surface area contributed by atoms with Gasteiger partial charge in [-0.1, -0.05) is 30.3 Å². The maximum atomic E-state index is 17.1. The number of benzene rings is 2. The number of rotatable bonds is 12. The molecule has 6 heterocycles. The number of phenolic OH excluding ortho intramolecular Hbond substituents is 1. The summed E-state index contributed by atoms with van der Waals surface area (Å²) in [6.07, 6.45) is 2.26. The summed E-state index contributed by atoms with van der Waals surface area (Å²) >= 11 is 0. The molecule has 5 aromatic rings. The van der Waals surface area contributed by atoms with Crippen molar-refractivity contribution in [3.8, 4) is 34.6 Å². The van der Waals surface area contributed by atoms with Crippen molar-refractivity contribution in [2.45, 2.75) is 70.1 Å². The molecule has 14 nitrogen and oxygen atoms in total. The summed E-state index contributed by atoms with van der Waals surface area (Å²) in [5, 5.41) is 11.0. The summed E-state index contributed by atoms with van der Waals surface area (Å²) in [4.78, 5) is 33.9. The first kappa shape index (κ1) is 41.2. The van der Waals surface area contributed by atoms with Gasteiger partial charge in [0.1, 0.15) is 48.6 Å². The second kappa shape index (κ2) is 17.2. The highest BCUT2D eigenvalue weighted by atomic mass is 19.1. The molecule has 318 valence electrons. The number of ether oxygens (including phenoxy) is 6.